The van der Waals surface area contributed by atoms with E-state index >= 15 is 0 Å². The zero-order chi connectivity index (χ0) is 12.8. The average molecular weight is 275 g/mol. The first-order valence-corrected chi connectivity index (χ1v) is 6.19. The third kappa shape index (κ3) is 4.94. The number of hydrogen-bond acceptors (Lipinski definition) is 2. The average Bonchev–Trinajstić information content (AvgIpc) is 2.21. The Kier molecular flexibility index (Phi) is 5.75. The van der Waals surface area contributed by atoms with Crippen LogP contribution in [-0.4, -0.2) is 18.5 Å². The van der Waals surface area contributed by atoms with Crippen LogP contribution in [0, 0.1) is 0 Å². The number of carbonyl (C=O) groups excluding carboxylic acids is 1. The molecule has 3 nitrogen and oxygen atoms in total. The van der Waals surface area contributed by atoms with Gasteiger partial charge in [-0.05, 0) is 26.0 Å². The van der Waals surface area contributed by atoms with Crippen molar-refractivity contribution >= 4 is 29.1 Å². The van der Waals surface area contributed by atoms with Crippen LogP contribution in [0.1, 0.15) is 19.4 Å². The van der Waals surface area contributed by atoms with E-state index in [0.29, 0.717) is 16.6 Å². The molecule has 0 aliphatic rings. The molecule has 0 radical (unpaired) electrons. The number of halogens is 2. The van der Waals surface area contributed by atoms with Crippen LogP contribution in [0.2, 0.25) is 10.0 Å². The highest BCUT2D eigenvalue weighted by molar-refractivity contribution is 6.35. The van der Waals surface area contributed by atoms with Crippen LogP contribution in [0.3, 0.4) is 0 Å². The van der Waals surface area contributed by atoms with Crippen molar-refractivity contribution in [3.8, 4) is 0 Å². The van der Waals surface area contributed by atoms with Crippen LogP contribution >= 0.6 is 23.2 Å². The molecule has 0 bridgehead atoms. The molecule has 1 rings (SSSR count). The molecule has 0 fully saturated rings. The molecule has 0 spiro atoms. The minimum Gasteiger partial charge on any atom is -0.353 e. The van der Waals surface area contributed by atoms with Gasteiger partial charge in [0.05, 0.1) is 6.54 Å². The van der Waals surface area contributed by atoms with E-state index < -0.39 is 0 Å². The summed E-state index contributed by atoms with van der Waals surface area (Å²) < 4.78 is 0. The van der Waals surface area contributed by atoms with Crippen LogP contribution < -0.4 is 10.6 Å². The third-order valence-corrected chi connectivity index (χ3v) is 2.81. The molecular formula is C12H16Cl2N2O. The molecule has 0 atom stereocenters. The van der Waals surface area contributed by atoms with Crippen molar-refractivity contribution < 1.29 is 4.79 Å². The Morgan fingerprint density at radius 3 is 2.41 bits per heavy atom. The van der Waals surface area contributed by atoms with Gasteiger partial charge >= 0.3 is 0 Å². The lowest BCUT2D eigenvalue weighted by atomic mass is 10.2. The van der Waals surface area contributed by atoms with Crippen LogP contribution in [0.25, 0.3) is 0 Å². The molecule has 94 valence electrons. The van der Waals surface area contributed by atoms with Crippen molar-refractivity contribution in [3.63, 3.8) is 0 Å². The first-order valence-electron chi connectivity index (χ1n) is 5.43. The molecule has 1 aromatic carbocycles. The molecular weight excluding hydrogens is 259 g/mol. The molecule has 0 saturated carbocycles. The van der Waals surface area contributed by atoms with Gasteiger partial charge in [0.1, 0.15) is 0 Å². The molecule has 17 heavy (non-hydrogen) atoms. The summed E-state index contributed by atoms with van der Waals surface area (Å²) in [7, 11) is 0. The van der Waals surface area contributed by atoms with Gasteiger partial charge in [-0.25, -0.2) is 0 Å². The van der Waals surface area contributed by atoms with Crippen molar-refractivity contribution in [3.05, 3.63) is 33.8 Å². The van der Waals surface area contributed by atoms with Crippen LogP contribution in [-0.2, 0) is 11.3 Å². The summed E-state index contributed by atoms with van der Waals surface area (Å²) in [6.45, 7) is 4.56. The van der Waals surface area contributed by atoms with Gasteiger partial charge in [-0.2, -0.15) is 0 Å². The predicted octanol–water partition coefficient (Wildman–Crippen LogP) is 2.61. The topological polar surface area (TPSA) is 41.1 Å². The number of hydrogen-bond donors (Lipinski definition) is 2. The van der Waals surface area contributed by atoms with Crippen molar-refractivity contribution in [2.24, 2.45) is 0 Å². The van der Waals surface area contributed by atoms with Crippen LogP contribution in [0.15, 0.2) is 18.2 Å². The lowest BCUT2D eigenvalue weighted by molar-refractivity contribution is -0.120. The van der Waals surface area contributed by atoms with Gasteiger partial charge < -0.3 is 10.6 Å². The Labute approximate surface area is 111 Å². The van der Waals surface area contributed by atoms with E-state index in [1.54, 1.807) is 18.2 Å². The smallest absolute Gasteiger partial charge is 0.234 e. The molecule has 0 saturated heterocycles. The SMILES string of the molecule is CC(C)NC(=O)CNCc1c(Cl)cccc1Cl. The first kappa shape index (κ1) is 14.3. The standard InChI is InChI=1S/C12H16Cl2N2O/c1-8(2)16-12(17)7-15-6-9-10(13)4-3-5-11(9)14/h3-5,8,15H,6-7H2,1-2H3,(H,16,17). The van der Waals surface area contributed by atoms with Gasteiger partial charge in [0.2, 0.25) is 5.91 Å². The summed E-state index contributed by atoms with van der Waals surface area (Å²) in [5, 5.41) is 7.01. The van der Waals surface area contributed by atoms with Crippen molar-refractivity contribution in [2.75, 3.05) is 6.54 Å². The number of carbonyl (C=O) groups is 1. The van der Waals surface area contributed by atoms with E-state index in [-0.39, 0.29) is 18.5 Å². The summed E-state index contributed by atoms with van der Waals surface area (Å²) in [4.78, 5) is 11.4. The van der Waals surface area contributed by atoms with Crippen molar-refractivity contribution in [1.29, 1.82) is 0 Å². The van der Waals surface area contributed by atoms with Crippen LogP contribution in [0.4, 0.5) is 0 Å². The lowest BCUT2D eigenvalue weighted by Gasteiger charge is -2.10. The fourth-order valence-corrected chi connectivity index (χ4v) is 1.91. The van der Waals surface area contributed by atoms with Gasteiger partial charge in [0.15, 0.2) is 0 Å². The molecule has 0 aliphatic carbocycles. The highest BCUT2D eigenvalue weighted by Gasteiger charge is 2.06. The zero-order valence-corrected chi connectivity index (χ0v) is 11.4. The molecule has 1 aromatic rings. The zero-order valence-electron chi connectivity index (χ0n) is 9.89. The molecule has 0 aromatic heterocycles. The quantitative estimate of drug-likeness (QED) is 0.867. The van der Waals surface area contributed by atoms with Gasteiger partial charge in [0.25, 0.3) is 0 Å². The Bertz CT molecular complexity index is 374. The maximum atomic E-state index is 11.4. The van der Waals surface area contributed by atoms with E-state index in [0.717, 1.165) is 5.56 Å². The molecule has 1 amide bonds. The van der Waals surface area contributed by atoms with Gasteiger partial charge in [0, 0.05) is 28.2 Å². The lowest BCUT2D eigenvalue weighted by Crippen LogP contribution is -2.37. The van der Waals surface area contributed by atoms with Crippen molar-refractivity contribution in [1.82, 2.24) is 10.6 Å². The van der Waals surface area contributed by atoms with E-state index in [9.17, 15) is 4.79 Å². The Balaban J connectivity index is 2.43. The van der Waals surface area contributed by atoms with Gasteiger partial charge in [-0.3, -0.25) is 4.79 Å². The number of amides is 1. The minimum atomic E-state index is -0.0387. The molecule has 2 N–H and O–H groups in total. The Hall–Kier alpha value is -0.770. The monoisotopic (exact) mass is 274 g/mol. The highest BCUT2D eigenvalue weighted by atomic mass is 35.5. The molecule has 5 heteroatoms. The minimum absolute atomic E-state index is 0.0387. The third-order valence-electron chi connectivity index (χ3n) is 2.10. The molecule has 0 aliphatic heterocycles. The summed E-state index contributed by atoms with van der Waals surface area (Å²) in [5.41, 5.74) is 0.813. The second kappa shape index (κ2) is 6.84. The van der Waals surface area contributed by atoms with E-state index in [1.165, 1.54) is 0 Å². The van der Waals surface area contributed by atoms with Gasteiger partial charge in [-0.15, -0.1) is 0 Å². The maximum Gasteiger partial charge on any atom is 0.234 e. The Morgan fingerprint density at radius 1 is 1.29 bits per heavy atom. The number of rotatable bonds is 5. The van der Waals surface area contributed by atoms with Gasteiger partial charge in [-0.1, -0.05) is 29.3 Å². The largest absolute Gasteiger partial charge is 0.353 e. The first-order chi connectivity index (χ1) is 8.00. The van der Waals surface area contributed by atoms with E-state index in [1.807, 2.05) is 13.8 Å². The fraction of sp³-hybridized carbons (Fsp3) is 0.417. The highest BCUT2D eigenvalue weighted by Crippen LogP contribution is 2.23. The fourth-order valence-electron chi connectivity index (χ4n) is 1.38. The predicted molar refractivity (Wildman–Crippen MR) is 71.4 cm³/mol. The molecule has 0 heterocycles. The Morgan fingerprint density at radius 2 is 1.88 bits per heavy atom. The summed E-state index contributed by atoms with van der Waals surface area (Å²) in [6.07, 6.45) is 0. The maximum absolute atomic E-state index is 11.4. The van der Waals surface area contributed by atoms with Crippen molar-refractivity contribution in [2.45, 2.75) is 26.4 Å². The summed E-state index contributed by atoms with van der Waals surface area (Å²) in [5.74, 6) is -0.0387. The summed E-state index contributed by atoms with van der Waals surface area (Å²) >= 11 is 12.0. The summed E-state index contributed by atoms with van der Waals surface area (Å²) in [6, 6.07) is 5.49. The van der Waals surface area contributed by atoms with E-state index in [2.05, 4.69) is 10.6 Å². The van der Waals surface area contributed by atoms with E-state index in [4.69, 9.17) is 23.2 Å². The number of nitrogens with one attached hydrogen (secondary N) is 2. The normalized spacial score (nSPS) is 10.6. The van der Waals surface area contributed by atoms with Crippen LogP contribution in [0.5, 0.6) is 0 Å². The molecule has 0 unspecified atom stereocenters. The second-order valence-electron chi connectivity index (χ2n) is 4.03. The second-order valence-corrected chi connectivity index (χ2v) is 4.84. The number of benzene rings is 1.